The standard InChI is InChI=1S/2C15H29N3.2C14H27N3.4C13H25N3.C12H23N3/c2*1-13(2)8-5-6-11-18-15(12-16-17-18)10-7-9-14(3)4;1-12(2)7-5-6-10-17-14(11-15-16-17)9-8-13(3)4;1-12(2)8-6-5-7-9-17-11-14(15-16-17)10-13(3)4;1-11(2)6-5-9-16-10-13(14-15-16)8-7-12(3)4;1-11(2)6-5-9-16-13(10-14-15-16)8-7-12(3)4;1-11(2)6-5-7-13-10-16(15-14-13)9-8-12(3)4;1-11(2)7-5-6-8-16-13(9-12(3)4)10-14-15-16;1-10(2)6-5-7-12-9-15(14-13-12)8-11(3)4/h2*12-14H,5-11H2,1-4H3;2*11-13H,5-10H2,1-4H3;4*10-12H,5-9H2,1-4H3;9-11H,5-8H2,1-4H3. The molecule has 858 valence electrons. The summed E-state index contributed by atoms with van der Waals surface area (Å²) < 4.78 is 18.3. The maximum atomic E-state index is 4.20. The Labute approximate surface area is 914 Å². The summed E-state index contributed by atoms with van der Waals surface area (Å²) in [5.74, 6) is 13.7. The summed E-state index contributed by atoms with van der Waals surface area (Å²) in [6, 6.07) is 0. The molecule has 0 saturated heterocycles. The lowest BCUT2D eigenvalue weighted by atomic mass is 10.1. The van der Waals surface area contributed by atoms with Gasteiger partial charge < -0.3 is 0 Å². The Morgan fingerprint density at radius 2 is 0.389 bits per heavy atom. The lowest BCUT2D eigenvalue weighted by molar-refractivity contribution is 0.465. The van der Waals surface area contributed by atoms with Crippen molar-refractivity contribution in [1.82, 2.24) is 135 Å². The van der Waals surface area contributed by atoms with Gasteiger partial charge in [-0.3, -0.25) is 18.7 Å². The molecule has 149 heavy (non-hydrogen) atoms. The van der Waals surface area contributed by atoms with E-state index in [-0.39, 0.29) is 0 Å². The minimum atomic E-state index is 0.634. The zero-order chi connectivity index (χ0) is 111. The predicted octanol–water partition coefficient (Wildman–Crippen LogP) is 31.7. The first-order valence-corrected chi connectivity index (χ1v) is 60.7. The van der Waals surface area contributed by atoms with Crippen LogP contribution in [0.2, 0.25) is 0 Å². The van der Waals surface area contributed by atoms with Crippen molar-refractivity contribution in [2.75, 3.05) is 0 Å². The number of aromatic nitrogens is 27. The van der Waals surface area contributed by atoms with Crippen LogP contribution in [0, 0.1) is 107 Å². The Bertz CT molecular complexity index is 4290. The van der Waals surface area contributed by atoms with Crippen LogP contribution in [-0.2, 0) is 117 Å². The van der Waals surface area contributed by atoms with Crippen LogP contribution >= 0.6 is 0 Å². The molecule has 9 aromatic heterocycles. The van der Waals surface area contributed by atoms with Gasteiger partial charge >= 0.3 is 0 Å². The summed E-state index contributed by atoms with van der Waals surface area (Å²) in [6.07, 6.45) is 68.1. The van der Waals surface area contributed by atoms with E-state index in [1.807, 2.05) is 49.7 Å². The smallest absolute Gasteiger partial charge is 0.0829 e. The minimum absolute atomic E-state index is 0.634. The van der Waals surface area contributed by atoms with Crippen LogP contribution in [0.1, 0.15) is 506 Å². The van der Waals surface area contributed by atoms with Gasteiger partial charge in [-0.2, -0.15) is 0 Å². The fourth-order valence-electron chi connectivity index (χ4n) is 16.7. The molecule has 0 N–H and O–H groups in total. The second-order valence-electron chi connectivity index (χ2n) is 50.7. The van der Waals surface area contributed by atoms with Gasteiger partial charge in [0.05, 0.1) is 82.2 Å². The van der Waals surface area contributed by atoms with Gasteiger partial charge in [0.15, 0.2) is 0 Å². The quantitative estimate of drug-likeness (QED) is 0.0320. The van der Waals surface area contributed by atoms with Crippen molar-refractivity contribution in [2.45, 2.75) is 571 Å². The maximum Gasteiger partial charge on any atom is 0.0829 e. The van der Waals surface area contributed by atoms with Crippen molar-refractivity contribution in [3.63, 3.8) is 0 Å². The SMILES string of the molecule is CC(C)CCCCCn1cc(CC(C)C)nn1.CC(C)CCCCn1nncc1CC(C)C.CC(C)CCCCn1nncc1CCC(C)C.CC(C)CCCCn1nncc1CCCC(C)C.CC(C)CCCCn1nncc1CCCC(C)C.CC(C)CCCc1cn(CC(C)C)nn1.CC(C)CCCc1cn(CCC(C)C)nn1.CC(C)CCCn1cc(CCC(C)C)nn1.CC(C)CCCn1nncc1CCC(C)C. The van der Waals surface area contributed by atoms with E-state index in [4.69, 9.17) is 0 Å². The number of unbranched alkanes of at least 4 members (excludes halogenated alkanes) is 6. The first-order valence-electron chi connectivity index (χ1n) is 60.7. The molecule has 0 aromatic carbocycles. The Morgan fingerprint density at radius 1 is 0.161 bits per heavy atom. The number of rotatable bonds is 68. The van der Waals surface area contributed by atoms with Crippen LogP contribution in [0.25, 0.3) is 0 Å². The molecule has 9 aromatic rings. The molecule has 0 atom stereocenters. The highest BCUT2D eigenvalue weighted by molar-refractivity contribution is 5.00. The molecule has 0 spiro atoms. The van der Waals surface area contributed by atoms with Crippen molar-refractivity contribution >= 4 is 0 Å². The average molecular weight is 2080 g/mol. The Kier molecular flexibility index (Phi) is 80.9. The summed E-state index contributed by atoms with van der Waals surface area (Å²) >= 11 is 0. The summed E-state index contributed by atoms with van der Waals surface area (Å²) in [5, 5.41) is 74.4. The molecule has 0 radical (unpaired) electrons. The highest BCUT2D eigenvalue weighted by atomic mass is 15.5. The maximum absolute atomic E-state index is 4.20. The van der Waals surface area contributed by atoms with Crippen LogP contribution in [-0.4, -0.2) is 135 Å². The molecule has 9 rings (SSSR count). The normalized spacial score (nSPS) is 11.6. The largest absolute Gasteiger partial charge is 0.252 e. The Hall–Kier alpha value is -7.74. The lowest BCUT2D eigenvalue weighted by Crippen LogP contribution is -2.08. The van der Waals surface area contributed by atoms with Gasteiger partial charge in [-0.15, -0.1) is 45.9 Å². The molecule has 0 aliphatic rings. The van der Waals surface area contributed by atoms with Crippen LogP contribution < -0.4 is 0 Å². The number of hydrogen-bond donors (Lipinski definition) is 0. The molecule has 0 bridgehead atoms. The van der Waals surface area contributed by atoms with Crippen LogP contribution in [0.4, 0.5) is 0 Å². The van der Waals surface area contributed by atoms with E-state index in [2.05, 4.69) is 390 Å². The van der Waals surface area contributed by atoms with E-state index in [9.17, 15) is 0 Å². The van der Waals surface area contributed by atoms with E-state index in [0.29, 0.717) is 17.8 Å². The predicted molar refractivity (Wildman–Crippen MR) is 628 cm³/mol. The van der Waals surface area contributed by atoms with Gasteiger partial charge in [-0.05, 0) is 273 Å². The molecular formula is C122H235N27. The first kappa shape index (κ1) is 139. The van der Waals surface area contributed by atoms with Gasteiger partial charge in [-0.1, -0.05) is 392 Å². The second-order valence-corrected chi connectivity index (χ2v) is 50.7. The highest BCUT2D eigenvalue weighted by Gasteiger charge is 2.15. The van der Waals surface area contributed by atoms with Crippen molar-refractivity contribution < 1.29 is 0 Å². The molecule has 9 heterocycles. The topological polar surface area (TPSA) is 276 Å². The molecule has 27 heteroatoms. The van der Waals surface area contributed by atoms with E-state index in [1.54, 1.807) is 0 Å². The minimum Gasteiger partial charge on any atom is -0.252 e. The Morgan fingerprint density at radius 3 is 0.718 bits per heavy atom. The van der Waals surface area contributed by atoms with Gasteiger partial charge in [0.25, 0.3) is 0 Å². The highest BCUT2D eigenvalue weighted by Crippen LogP contribution is 2.21. The van der Waals surface area contributed by atoms with Crippen molar-refractivity contribution in [2.24, 2.45) is 107 Å². The van der Waals surface area contributed by atoms with Crippen LogP contribution in [0.3, 0.4) is 0 Å². The zero-order valence-electron chi connectivity index (χ0n) is 104. The van der Waals surface area contributed by atoms with Crippen LogP contribution in [0.15, 0.2) is 55.8 Å². The van der Waals surface area contributed by atoms with Crippen LogP contribution in [0.5, 0.6) is 0 Å². The lowest BCUT2D eigenvalue weighted by Gasteiger charge is -2.08. The third-order valence-corrected chi connectivity index (χ3v) is 25.9. The fraction of sp³-hybridized carbons (Fsp3) is 0.852. The summed E-state index contributed by atoms with van der Waals surface area (Å²) in [7, 11) is 0. The molecule has 0 aliphatic heterocycles. The summed E-state index contributed by atoms with van der Waals surface area (Å²) in [4.78, 5) is 0. The molecule has 0 aliphatic carbocycles. The number of nitrogens with zero attached hydrogens (tertiary/aromatic N) is 27. The van der Waals surface area contributed by atoms with Gasteiger partial charge in [0.1, 0.15) is 0 Å². The zero-order valence-corrected chi connectivity index (χ0v) is 104. The van der Waals surface area contributed by atoms with Gasteiger partial charge in [-0.25, -0.2) is 23.4 Å². The molecule has 0 amide bonds. The number of aryl methyl sites for hydroxylation is 15. The molecule has 0 fully saturated rings. The van der Waals surface area contributed by atoms with E-state index in [1.165, 1.54) is 234 Å². The third-order valence-electron chi connectivity index (χ3n) is 25.9. The van der Waals surface area contributed by atoms with Crippen molar-refractivity contribution in [3.8, 4) is 0 Å². The van der Waals surface area contributed by atoms with Crippen molar-refractivity contribution in [3.05, 3.63) is 107 Å². The summed E-state index contributed by atoms with van der Waals surface area (Å²) in [6.45, 7) is 90.4. The van der Waals surface area contributed by atoms with Crippen molar-refractivity contribution in [1.29, 1.82) is 0 Å². The monoisotopic (exact) mass is 2080 g/mol. The second kappa shape index (κ2) is 86.6. The molecule has 0 saturated carbocycles. The molecular weight excluding hydrogens is 1840 g/mol. The third kappa shape index (κ3) is 80.7. The molecule has 0 unspecified atom stereocenters. The first-order chi connectivity index (χ1) is 70.8. The van der Waals surface area contributed by atoms with E-state index in [0.717, 1.165) is 228 Å². The molecule has 27 nitrogen and oxygen atoms in total. The Balaban J connectivity index is 0.000000839. The average Bonchev–Trinajstić information content (AvgIpc) is 1.79. The number of hydrogen-bond acceptors (Lipinski definition) is 18. The van der Waals surface area contributed by atoms with E-state index >= 15 is 0 Å². The fourth-order valence-corrected chi connectivity index (χ4v) is 16.7. The van der Waals surface area contributed by atoms with Gasteiger partial charge in [0.2, 0.25) is 0 Å². The van der Waals surface area contributed by atoms with E-state index < -0.39 is 0 Å². The summed E-state index contributed by atoms with van der Waals surface area (Å²) in [5.41, 5.74) is 11.0. The van der Waals surface area contributed by atoms with Gasteiger partial charge in [0, 0.05) is 83.7 Å².